The molecule has 0 aromatic heterocycles. The van der Waals surface area contributed by atoms with Crippen LogP contribution in [0.1, 0.15) is 27.9 Å². The molecule has 0 saturated heterocycles. The van der Waals surface area contributed by atoms with Gasteiger partial charge < -0.3 is 10.1 Å². The summed E-state index contributed by atoms with van der Waals surface area (Å²) in [6.07, 6.45) is 3.10. The summed E-state index contributed by atoms with van der Waals surface area (Å²) in [5.41, 5.74) is 3.92. The highest BCUT2D eigenvalue weighted by Crippen LogP contribution is 2.29. The summed E-state index contributed by atoms with van der Waals surface area (Å²) in [4.78, 5) is 23.0. The maximum absolute atomic E-state index is 12.6. The highest BCUT2D eigenvalue weighted by molar-refractivity contribution is 6.11. The zero-order chi connectivity index (χ0) is 18.0. The molecule has 0 radical (unpaired) electrons. The van der Waals surface area contributed by atoms with Gasteiger partial charge in [0.1, 0.15) is 5.75 Å². The van der Waals surface area contributed by atoms with E-state index in [9.17, 15) is 14.9 Å². The number of aryl methyl sites for hydroxylation is 2. The first-order chi connectivity index (χ1) is 12.0. The zero-order valence-electron chi connectivity index (χ0n) is 14.0. The highest BCUT2D eigenvalue weighted by Gasteiger charge is 2.22. The number of benzene rings is 2. The number of methoxy groups -OCH3 is 1. The van der Waals surface area contributed by atoms with Crippen LogP contribution in [0.4, 0.5) is 11.4 Å². The standard InChI is InChI=1S/C19H18N2O4/c1-12-9-15(21(23)24)5-8-18(12)20-11-14-4-3-13-10-16(25-2)6-7-17(13)19(14)22/h5-11,20H,3-4H2,1-2H3/b14-11+. The molecule has 0 spiro atoms. The second-order valence-electron chi connectivity index (χ2n) is 5.92. The lowest BCUT2D eigenvalue weighted by molar-refractivity contribution is -0.384. The van der Waals surface area contributed by atoms with Crippen LogP contribution in [0, 0.1) is 17.0 Å². The molecule has 6 heteroatoms. The van der Waals surface area contributed by atoms with E-state index >= 15 is 0 Å². The number of allylic oxidation sites excluding steroid dienone is 1. The molecule has 0 unspecified atom stereocenters. The third kappa shape index (κ3) is 3.38. The van der Waals surface area contributed by atoms with Gasteiger partial charge in [0.05, 0.1) is 12.0 Å². The van der Waals surface area contributed by atoms with Crippen LogP contribution < -0.4 is 10.1 Å². The number of non-ortho nitro benzene ring substituents is 1. The van der Waals surface area contributed by atoms with Crippen molar-refractivity contribution in [2.24, 2.45) is 0 Å². The van der Waals surface area contributed by atoms with Crippen molar-refractivity contribution in [3.05, 3.63) is 75.0 Å². The summed E-state index contributed by atoms with van der Waals surface area (Å²) in [6.45, 7) is 1.79. The molecular formula is C19H18N2O4. The molecule has 1 aliphatic rings. The fourth-order valence-corrected chi connectivity index (χ4v) is 2.91. The van der Waals surface area contributed by atoms with Gasteiger partial charge in [0.25, 0.3) is 5.69 Å². The molecule has 1 aliphatic carbocycles. The van der Waals surface area contributed by atoms with Gasteiger partial charge in [0.2, 0.25) is 0 Å². The largest absolute Gasteiger partial charge is 0.497 e. The van der Waals surface area contributed by atoms with Gasteiger partial charge in [-0.2, -0.15) is 0 Å². The lowest BCUT2D eigenvalue weighted by Crippen LogP contribution is -2.15. The molecule has 0 saturated carbocycles. The fraction of sp³-hybridized carbons (Fsp3) is 0.211. The summed E-state index contributed by atoms with van der Waals surface area (Å²) >= 11 is 0. The Morgan fingerprint density at radius 3 is 2.68 bits per heavy atom. The molecule has 0 bridgehead atoms. The van der Waals surface area contributed by atoms with E-state index in [0.29, 0.717) is 17.6 Å². The number of anilines is 1. The van der Waals surface area contributed by atoms with Crippen molar-refractivity contribution >= 4 is 17.2 Å². The number of hydrogen-bond donors (Lipinski definition) is 1. The summed E-state index contributed by atoms with van der Waals surface area (Å²) in [5.74, 6) is 0.745. The lowest BCUT2D eigenvalue weighted by atomic mass is 9.87. The smallest absolute Gasteiger partial charge is 0.269 e. The minimum Gasteiger partial charge on any atom is -0.497 e. The van der Waals surface area contributed by atoms with Gasteiger partial charge in [-0.1, -0.05) is 0 Å². The second kappa shape index (κ2) is 6.76. The van der Waals surface area contributed by atoms with Crippen LogP contribution in [0.15, 0.2) is 48.2 Å². The third-order valence-corrected chi connectivity index (χ3v) is 4.34. The predicted molar refractivity (Wildman–Crippen MR) is 95.2 cm³/mol. The quantitative estimate of drug-likeness (QED) is 0.517. The monoisotopic (exact) mass is 338 g/mol. The number of nitro benzene ring substituents is 1. The van der Waals surface area contributed by atoms with Crippen LogP contribution >= 0.6 is 0 Å². The molecule has 128 valence electrons. The molecule has 1 N–H and O–H groups in total. The minimum atomic E-state index is -0.425. The van der Waals surface area contributed by atoms with Crippen LogP contribution in [0.25, 0.3) is 0 Å². The molecule has 6 nitrogen and oxygen atoms in total. The maximum Gasteiger partial charge on any atom is 0.269 e. The first-order valence-corrected chi connectivity index (χ1v) is 7.92. The molecule has 0 amide bonds. The van der Waals surface area contributed by atoms with E-state index in [2.05, 4.69) is 5.32 Å². The molecular weight excluding hydrogens is 320 g/mol. The van der Waals surface area contributed by atoms with Crippen LogP contribution in [0.5, 0.6) is 5.75 Å². The van der Waals surface area contributed by atoms with Crippen LogP contribution in [0.2, 0.25) is 0 Å². The third-order valence-electron chi connectivity index (χ3n) is 4.34. The van der Waals surface area contributed by atoms with Gasteiger partial charge >= 0.3 is 0 Å². The van der Waals surface area contributed by atoms with E-state index in [1.807, 2.05) is 6.07 Å². The van der Waals surface area contributed by atoms with E-state index in [1.54, 1.807) is 38.4 Å². The molecule has 25 heavy (non-hydrogen) atoms. The first-order valence-electron chi connectivity index (χ1n) is 7.92. The van der Waals surface area contributed by atoms with E-state index in [1.165, 1.54) is 12.1 Å². The lowest BCUT2D eigenvalue weighted by Gasteiger charge is -2.18. The molecule has 0 atom stereocenters. The van der Waals surface area contributed by atoms with E-state index < -0.39 is 4.92 Å². The summed E-state index contributed by atoms with van der Waals surface area (Å²) in [5, 5.41) is 13.9. The van der Waals surface area contributed by atoms with Crippen molar-refractivity contribution in [1.82, 2.24) is 0 Å². The number of rotatable bonds is 4. The second-order valence-corrected chi connectivity index (χ2v) is 5.92. The predicted octanol–water partition coefficient (Wildman–Crippen LogP) is 4.04. The van der Waals surface area contributed by atoms with Crippen molar-refractivity contribution in [3.63, 3.8) is 0 Å². The summed E-state index contributed by atoms with van der Waals surface area (Å²) in [7, 11) is 1.61. The summed E-state index contributed by atoms with van der Waals surface area (Å²) < 4.78 is 5.20. The van der Waals surface area contributed by atoms with Gasteiger partial charge in [-0.25, -0.2) is 0 Å². The van der Waals surface area contributed by atoms with E-state index in [0.717, 1.165) is 29.0 Å². The van der Waals surface area contributed by atoms with Gasteiger partial charge in [0, 0.05) is 35.2 Å². The Hall–Kier alpha value is -3.15. The van der Waals surface area contributed by atoms with Gasteiger partial charge in [-0.3, -0.25) is 14.9 Å². The number of nitrogens with one attached hydrogen (secondary N) is 1. The van der Waals surface area contributed by atoms with Crippen molar-refractivity contribution in [2.75, 3.05) is 12.4 Å². The number of fused-ring (bicyclic) bond motifs is 1. The molecule has 0 aliphatic heterocycles. The van der Waals surface area contributed by atoms with Crippen LogP contribution in [0.3, 0.4) is 0 Å². The SMILES string of the molecule is COc1ccc2c(c1)CC/C(=C\Nc1ccc([N+](=O)[O-])cc1C)C2=O. The van der Waals surface area contributed by atoms with E-state index in [4.69, 9.17) is 4.74 Å². The van der Waals surface area contributed by atoms with Gasteiger partial charge in [-0.05, 0) is 55.2 Å². The molecule has 3 rings (SSSR count). The van der Waals surface area contributed by atoms with Gasteiger partial charge in [0.15, 0.2) is 5.78 Å². The molecule has 0 fully saturated rings. The minimum absolute atomic E-state index is 0.00373. The topological polar surface area (TPSA) is 81.5 Å². The maximum atomic E-state index is 12.6. The van der Waals surface area contributed by atoms with E-state index in [-0.39, 0.29) is 11.5 Å². The highest BCUT2D eigenvalue weighted by atomic mass is 16.6. The van der Waals surface area contributed by atoms with Crippen molar-refractivity contribution < 1.29 is 14.5 Å². The van der Waals surface area contributed by atoms with Crippen LogP contribution in [-0.2, 0) is 6.42 Å². The number of hydrogen-bond acceptors (Lipinski definition) is 5. The number of carbonyl (C=O) groups excluding carboxylic acids is 1. The zero-order valence-corrected chi connectivity index (χ0v) is 14.0. The summed E-state index contributed by atoms with van der Waals surface area (Å²) in [6, 6.07) is 10.1. The molecule has 2 aromatic rings. The normalized spacial score (nSPS) is 15.0. The Kier molecular flexibility index (Phi) is 4.52. The van der Waals surface area contributed by atoms with Crippen molar-refractivity contribution in [2.45, 2.75) is 19.8 Å². The number of ketones is 1. The molecule has 0 heterocycles. The Morgan fingerprint density at radius 1 is 1.20 bits per heavy atom. The number of carbonyl (C=O) groups is 1. The van der Waals surface area contributed by atoms with Gasteiger partial charge in [-0.15, -0.1) is 0 Å². The first kappa shape index (κ1) is 16.7. The Bertz CT molecular complexity index is 887. The number of ether oxygens (including phenoxy) is 1. The fourth-order valence-electron chi connectivity index (χ4n) is 2.91. The Balaban J connectivity index is 1.81. The molecule has 2 aromatic carbocycles. The number of nitrogens with zero attached hydrogens (tertiary/aromatic N) is 1. The van der Waals surface area contributed by atoms with Crippen molar-refractivity contribution in [1.29, 1.82) is 0 Å². The Morgan fingerprint density at radius 2 is 2.00 bits per heavy atom. The Labute approximate surface area is 145 Å². The number of nitro groups is 1. The van der Waals surface area contributed by atoms with Crippen LogP contribution in [-0.4, -0.2) is 17.8 Å². The average Bonchev–Trinajstić information content (AvgIpc) is 2.61. The average molecular weight is 338 g/mol. The van der Waals surface area contributed by atoms with Crippen molar-refractivity contribution in [3.8, 4) is 5.75 Å². The number of Topliss-reactive ketones (excluding diaryl/α,β-unsaturated/α-hetero) is 1.